The van der Waals surface area contributed by atoms with E-state index in [1.165, 1.54) is 0 Å². The number of fused-ring (bicyclic) bond motifs is 1. The lowest BCUT2D eigenvalue weighted by atomic mass is 9.53. The summed E-state index contributed by atoms with van der Waals surface area (Å²) in [6.45, 7) is 3.58. The zero-order valence-electron chi connectivity index (χ0n) is 18.3. The number of nitriles is 1. The smallest absolute Gasteiger partial charge is 0.313 e. The molecule has 1 aliphatic carbocycles. The minimum absolute atomic E-state index is 0.0512. The lowest BCUT2D eigenvalue weighted by molar-refractivity contribution is -0.171. The van der Waals surface area contributed by atoms with Gasteiger partial charge in [0, 0.05) is 48.2 Å². The molecule has 33 heavy (non-hydrogen) atoms. The highest BCUT2D eigenvalue weighted by Crippen LogP contribution is 2.61. The molecule has 5 rings (SSSR count). The van der Waals surface area contributed by atoms with Crippen molar-refractivity contribution in [2.24, 2.45) is 23.2 Å². The van der Waals surface area contributed by atoms with E-state index in [0.717, 1.165) is 5.56 Å². The van der Waals surface area contributed by atoms with Crippen LogP contribution in [0.4, 0.5) is 4.39 Å². The highest BCUT2D eigenvalue weighted by atomic mass is 19.1. The quantitative estimate of drug-likeness (QED) is 0.572. The topological polar surface area (TPSA) is 105 Å². The zero-order chi connectivity index (χ0) is 23.4. The number of carbonyl (C=O) groups excluding carboxylic acids is 2. The number of hydrogen-bond donors (Lipinski definition) is 1. The molecule has 1 N–H and O–H groups in total. The predicted octanol–water partition coefficient (Wildman–Crippen LogP) is 3.42. The van der Waals surface area contributed by atoms with Crippen LogP contribution in [0.5, 0.6) is 0 Å². The molecule has 2 aromatic heterocycles. The first-order chi connectivity index (χ1) is 15.8. The van der Waals surface area contributed by atoms with E-state index < -0.39 is 35.1 Å². The lowest BCUT2D eigenvalue weighted by Crippen LogP contribution is -2.67. The summed E-state index contributed by atoms with van der Waals surface area (Å²) in [6.07, 6.45) is 6.43. The Morgan fingerprint density at radius 2 is 2.09 bits per heavy atom. The number of halogens is 1. The van der Waals surface area contributed by atoms with Gasteiger partial charge in [0.05, 0.1) is 11.1 Å². The van der Waals surface area contributed by atoms with Crippen LogP contribution in [0.1, 0.15) is 38.1 Å². The monoisotopic (exact) mass is 446 g/mol. The number of alkyl halides is 1. The number of carbonyl (C=O) groups is 2. The van der Waals surface area contributed by atoms with Gasteiger partial charge in [-0.25, -0.2) is 9.37 Å². The number of cyclic esters (lactones) is 1. The van der Waals surface area contributed by atoms with Gasteiger partial charge >= 0.3 is 5.97 Å². The molecule has 3 aliphatic rings. The molecule has 2 aliphatic heterocycles. The van der Waals surface area contributed by atoms with Crippen LogP contribution in [0.15, 0.2) is 42.7 Å². The Labute approximate surface area is 190 Å². The molecule has 7 nitrogen and oxygen atoms in total. The Bertz CT molecular complexity index is 1210. The number of allylic oxidation sites excluding steroid dienone is 1. The van der Waals surface area contributed by atoms with Gasteiger partial charge in [-0.15, -0.1) is 0 Å². The van der Waals surface area contributed by atoms with Crippen molar-refractivity contribution in [3.05, 3.63) is 54.1 Å². The van der Waals surface area contributed by atoms with E-state index in [2.05, 4.69) is 21.4 Å². The fraction of sp³-hybridized carbons (Fsp3) is 0.400. The average Bonchev–Trinajstić information content (AvgIpc) is 3.02. The number of pyridine rings is 2. The highest BCUT2D eigenvalue weighted by molar-refractivity contribution is 5.90. The molecule has 3 fully saturated rings. The molecule has 6 atom stereocenters. The molecule has 1 spiro atoms. The first-order valence-corrected chi connectivity index (χ1v) is 11.0. The van der Waals surface area contributed by atoms with Crippen molar-refractivity contribution >= 4 is 18.0 Å². The number of nitrogens with zero attached hydrogens (tertiary/aromatic N) is 3. The summed E-state index contributed by atoms with van der Waals surface area (Å²) in [5.74, 6) is -4.04. The molecule has 0 radical (unpaired) electrons. The second-order valence-corrected chi connectivity index (χ2v) is 9.26. The van der Waals surface area contributed by atoms with Crippen molar-refractivity contribution in [2.75, 3.05) is 0 Å². The Morgan fingerprint density at radius 3 is 2.82 bits per heavy atom. The fourth-order valence-corrected chi connectivity index (χ4v) is 5.91. The Morgan fingerprint density at radius 1 is 1.27 bits per heavy atom. The van der Waals surface area contributed by atoms with E-state index in [-0.39, 0.29) is 24.7 Å². The van der Waals surface area contributed by atoms with Gasteiger partial charge in [-0.1, -0.05) is 19.1 Å². The van der Waals surface area contributed by atoms with Gasteiger partial charge in [0.1, 0.15) is 17.9 Å². The SMILES string of the molecule is C[C@H]1OC(=O)[C@]23CC(=O)NC(F)(C2)[C@@H](C)[C@H](/C=C/c2ccc(-c4cccnc4C#N)cn2)[C@H]13. The highest BCUT2D eigenvalue weighted by Gasteiger charge is 2.70. The number of esters is 1. The third-order valence-electron chi connectivity index (χ3n) is 7.45. The van der Waals surface area contributed by atoms with Crippen LogP contribution in [-0.4, -0.2) is 33.7 Å². The summed E-state index contributed by atoms with van der Waals surface area (Å²) in [5.41, 5.74) is 1.32. The first kappa shape index (κ1) is 21.3. The number of rotatable bonds is 3. The van der Waals surface area contributed by atoms with Crippen molar-refractivity contribution in [3.8, 4) is 17.2 Å². The molecule has 2 bridgehead atoms. The Hall–Kier alpha value is -3.60. The van der Waals surface area contributed by atoms with Gasteiger partial charge < -0.3 is 10.1 Å². The number of amides is 1. The normalized spacial score (nSPS) is 35.0. The van der Waals surface area contributed by atoms with Crippen LogP contribution in [0, 0.1) is 34.5 Å². The summed E-state index contributed by atoms with van der Waals surface area (Å²) in [7, 11) is 0. The minimum Gasteiger partial charge on any atom is -0.462 e. The number of hydrogen-bond acceptors (Lipinski definition) is 6. The standard InChI is InChI=1S/C25H23FN4O3/c1-14-18(22-15(2)33-23(32)24(22)10-21(31)30-25(14,26)13-24)8-7-17-6-5-16(12-29-17)19-4-3-9-28-20(19)11-27/h3-9,12,14-15,18,22H,10,13H2,1-2H3,(H,30,31)/b8-7+/t14-,15+,18-,22-,24+,25?/m0/s1. The van der Waals surface area contributed by atoms with Gasteiger partial charge in [-0.05, 0) is 37.1 Å². The van der Waals surface area contributed by atoms with E-state index in [4.69, 9.17) is 4.74 Å². The molecule has 2 saturated heterocycles. The van der Waals surface area contributed by atoms with E-state index in [1.807, 2.05) is 37.3 Å². The summed E-state index contributed by atoms with van der Waals surface area (Å²) in [6, 6.07) is 9.32. The minimum atomic E-state index is -1.96. The molecule has 1 amide bonds. The van der Waals surface area contributed by atoms with Crippen LogP contribution in [0.25, 0.3) is 17.2 Å². The molecule has 0 aromatic carbocycles. The second kappa shape index (κ2) is 7.48. The van der Waals surface area contributed by atoms with Gasteiger partial charge in [0.25, 0.3) is 0 Å². The third-order valence-corrected chi connectivity index (χ3v) is 7.45. The molecule has 168 valence electrons. The molecular formula is C25H23FN4O3. The van der Waals surface area contributed by atoms with E-state index in [1.54, 1.807) is 25.4 Å². The number of aromatic nitrogens is 2. The van der Waals surface area contributed by atoms with Crippen molar-refractivity contribution in [3.63, 3.8) is 0 Å². The van der Waals surface area contributed by atoms with Crippen LogP contribution in [-0.2, 0) is 14.3 Å². The summed E-state index contributed by atoms with van der Waals surface area (Å²) >= 11 is 0. The zero-order valence-corrected chi connectivity index (χ0v) is 18.3. The molecule has 2 aromatic rings. The van der Waals surface area contributed by atoms with Crippen LogP contribution in [0.3, 0.4) is 0 Å². The largest absolute Gasteiger partial charge is 0.462 e. The third kappa shape index (κ3) is 3.22. The number of piperidine rings is 1. The Balaban J connectivity index is 1.46. The summed E-state index contributed by atoms with van der Waals surface area (Å²) in [4.78, 5) is 33.6. The van der Waals surface area contributed by atoms with Gasteiger partial charge in [-0.3, -0.25) is 14.6 Å². The maximum atomic E-state index is 15.8. The van der Waals surface area contributed by atoms with E-state index in [9.17, 15) is 14.9 Å². The maximum absolute atomic E-state index is 15.8. The fourth-order valence-electron chi connectivity index (χ4n) is 5.91. The summed E-state index contributed by atoms with van der Waals surface area (Å²) in [5, 5.41) is 11.8. The van der Waals surface area contributed by atoms with Crippen molar-refractivity contribution in [2.45, 2.75) is 38.6 Å². The van der Waals surface area contributed by atoms with E-state index in [0.29, 0.717) is 17.0 Å². The molecule has 1 unspecified atom stereocenters. The van der Waals surface area contributed by atoms with Crippen molar-refractivity contribution in [1.82, 2.24) is 15.3 Å². The Kier molecular flexibility index (Phi) is 4.82. The predicted molar refractivity (Wildman–Crippen MR) is 117 cm³/mol. The van der Waals surface area contributed by atoms with Crippen LogP contribution < -0.4 is 5.32 Å². The van der Waals surface area contributed by atoms with Gasteiger partial charge in [0.15, 0.2) is 5.79 Å². The molecular weight excluding hydrogens is 423 g/mol. The van der Waals surface area contributed by atoms with Gasteiger partial charge in [0.2, 0.25) is 5.91 Å². The van der Waals surface area contributed by atoms with Gasteiger partial charge in [-0.2, -0.15) is 5.26 Å². The van der Waals surface area contributed by atoms with Crippen LogP contribution >= 0.6 is 0 Å². The molecule has 1 saturated carbocycles. The number of nitrogens with one attached hydrogen (secondary N) is 1. The lowest BCUT2D eigenvalue weighted by Gasteiger charge is -2.53. The number of ether oxygens (including phenoxy) is 1. The average molecular weight is 446 g/mol. The van der Waals surface area contributed by atoms with Crippen LogP contribution in [0.2, 0.25) is 0 Å². The second-order valence-electron chi connectivity index (χ2n) is 9.26. The summed E-state index contributed by atoms with van der Waals surface area (Å²) < 4.78 is 21.4. The van der Waals surface area contributed by atoms with E-state index >= 15 is 4.39 Å². The molecule has 4 heterocycles. The first-order valence-electron chi connectivity index (χ1n) is 11.0. The molecule has 8 heteroatoms. The van der Waals surface area contributed by atoms with Crippen molar-refractivity contribution < 1.29 is 18.7 Å². The van der Waals surface area contributed by atoms with Crippen molar-refractivity contribution in [1.29, 1.82) is 5.26 Å². The maximum Gasteiger partial charge on any atom is 0.313 e.